The molecule has 1 atom stereocenters. The highest BCUT2D eigenvalue weighted by atomic mass is 35.5. The van der Waals surface area contributed by atoms with Crippen molar-refractivity contribution in [3.8, 4) is 5.75 Å². The van der Waals surface area contributed by atoms with Crippen molar-refractivity contribution >= 4 is 28.9 Å². The average molecular weight is 327 g/mol. The lowest BCUT2D eigenvalue weighted by atomic mass is 9.96. The Kier molecular flexibility index (Phi) is 6.79. The molecule has 0 saturated carbocycles. The summed E-state index contributed by atoms with van der Waals surface area (Å²) in [4.78, 5) is 0. The summed E-state index contributed by atoms with van der Waals surface area (Å²) in [5.41, 5.74) is 6.32. The Labute approximate surface area is 127 Å². The van der Waals surface area contributed by atoms with E-state index in [0.717, 1.165) is 0 Å². The van der Waals surface area contributed by atoms with Crippen LogP contribution < -0.4 is 15.8 Å². The van der Waals surface area contributed by atoms with E-state index in [1.165, 1.54) is 12.1 Å². The summed E-state index contributed by atoms with van der Waals surface area (Å²) in [6, 6.07) is 3.00. The van der Waals surface area contributed by atoms with Crippen LogP contribution in [0.5, 0.6) is 5.75 Å². The van der Waals surface area contributed by atoms with Crippen LogP contribution in [0, 0.1) is 11.8 Å². The number of hydrogen-bond donors (Lipinski definition) is 2. The molecule has 114 valence electrons. The molecule has 20 heavy (non-hydrogen) atoms. The lowest BCUT2D eigenvalue weighted by Crippen LogP contribution is -2.27. The number of nitrogens with two attached hydrogens (primary N) is 1. The molecule has 0 aliphatic rings. The molecule has 1 rings (SSSR count). The number of ether oxygens (including phenoxy) is 1. The summed E-state index contributed by atoms with van der Waals surface area (Å²) in [5.74, 6) is 0.512. The molecule has 0 aromatic heterocycles. The van der Waals surface area contributed by atoms with Crippen LogP contribution in [0.4, 0.5) is 14.5 Å². The van der Waals surface area contributed by atoms with Crippen LogP contribution in [0.3, 0.4) is 0 Å². The third kappa shape index (κ3) is 4.96. The maximum absolute atomic E-state index is 12.2. The summed E-state index contributed by atoms with van der Waals surface area (Å²) < 4.78 is 28.7. The van der Waals surface area contributed by atoms with Crippen molar-refractivity contribution in [1.82, 2.24) is 0 Å². The molecule has 1 aromatic rings. The first-order valence-corrected chi connectivity index (χ1v) is 6.98. The number of nitrogens with one attached hydrogen (secondary N) is 1. The minimum Gasteiger partial charge on any atom is -0.432 e. The summed E-state index contributed by atoms with van der Waals surface area (Å²) in [5, 5.41) is 3.22. The first kappa shape index (κ1) is 17.3. The molecule has 7 heteroatoms. The highest BCUT2D eigenvalue weighted by Crippen LogP contribution is 2.37. The Morgan fingerprint density at radius 3 is 2.20 bits per heavy atom. The second-order valence-corrected chi connectivity index (χ2v) is 5.58. The Balaban J connectivity index is 2.78. The van der Waals surface area contributed by atoms with Crippen LogP contribution in [0.15, 0.2) is 12.1 Å². The predicted octanol–water partition coefficient (Wildman–Crippen LogP) is 4.24. The second-order valence-electron chi connectivity index (χ2n) is 4.77. The first-order valence-electron chi connectivity index (χ1n) is 6.23. The van der Waals surface area contributed by atoms with Crippen LogP contribution in [0.2, 0.25) is 10.0 Å². The number of alkyl halides is 2. The van der Waals surface area contributed by atoms with Gasteiger partial charge in [0.15, 0.2) is 5.75 Å². The van der Waals surface area contributed by atoms with Crippen LogP contribution in [-0.4, -0.2) is 19.7 Å². The monoisotopic (exact) mass is 326 g/mol. The van der Waals surface area contributed by atoms with Gasteiger partial charge in [-0.15, -0.1) is 0 Å². The Bertz CT molecular complexity index is 421. The number of benzene rings is 1. The third-order valence-corrected chi connectivity index (χ3v) is 3.58. The van der Waals surface area contributed by atoms with E-state index in [1.54, 1.807) is 0 Å². The van der Waals surface area contributed by atoms with Gasteiger partial charge in [0.2, 0.25) is 0 Å². The van der Waals surface area contributed by atoms with Crippen molar-refractivity contribution in [3.63, 3.8) is 0 Å². The van der Waals surface area contributed by atoms with Gasteiger partial charge in [-0.2, -0.15) is 8.78 Å². The van der Waals surface area contributed by atoms with E-state index in [0.29, 0.717) is 30.6 Å². The van der Waals surface area contributed by atoms with Gasteiger partial charge in [0.05, 0.1) is 10.0 Å². The van der Waals surface area contributed by atoms with Crippen molar-refractivity contribution in [2.24, 2.45) is 17.6 Å². The van der Waals surface area contributed by atoms with E-state index in [4.69, 9.17) is 28.9 Å². The first-order chi connectivity index (χ1) is 9.35. The van der Waals surface area contributed by atoms with E-state index in [-0.39, 0.29) is 15.8 Å². The van der Waals surface area contributed by atoms with E-state index in [1.807, 2.05) is 0 Å². The van der Waals surface area contributed by atoms with Crippen molar-refractivity contribution < 1.29 is 13.5 Å². The standard InChI is InChI=1S/C13H18Cl2F2N2O/c1-7(2)8(5-18)6-19-9-3-10(14)12(11(15)4-9)20-13(16)17/h3-4,7-8,13,19H,5-6,18H2,1-2H3. The van der Waals surface area contributed by atoms with E-state index in [2.05, 4.69) is 23.9 Å². The second kappa shape index (κ2) is 7.86. The quantitative estimate of drug-likeness (QED) is 0.787. The molecule has 1 aromatic carbocycles. The zero-order chi connectivity index (χ0) is 15.3. The summed E-state index contributed by atoms with van der Waals surface area (Å²) in [6.45, 7) is 2.40. The van der Waals surface area contributed by atoms with Gasteiger partial charge in [-0.1, -0.05) is 37.0 Å². The molecular weight excluding hydrogens is 309 g/mol. The molecule has 0 aliphatic heterocycles. The largest absolute Gasteiger partial charge is 0.432 e. The van der Waals surface area contributed by atoms with Crippen LogP contribution in [0.1, 0.15) is 13.8 Å². The summed E-state index contributed by atoms with van der Waals surface area (Å²) in [7, 11) is 0. The predicted molar refractivity (Wildman–Crippen MR) is 79.0 cm³/mol. The van der Waals surface area contributed by atoms with Gasteiger partial charge in [0, 0.05) is 12.2 Å². The zero-order valence-electron chi connectivity index (χ0n) is 11.3. The summed E-state index contributed by atoms with van der Waals surface area (Å²) in [6.07, 6.45) is 0. The Hall–Kier alpha value is -0.780. The topological polar surface area (TPSA) is 47.3 Å². The van der Waals surface area contributed by atoms with Gasteiger partial charge in [-0.25, -0.2) is 0 Å². The van der Waals surface area contributed by atoms with Crippen molar-refractivity contribution in [1.29, 1.82) is 0 Å². The van der Waals surface area contributed by atoms with E-state index < -0.39 is 6.61 Å². The zero-order valence-corrected chi connectivity index (χ0v) is 12.8. The average Bonchev–Trinajstić information content (AvgIpc) is 2.34. The molecule has 1 unspecified atom stereocenters. The fourth-order valence-corrected chi connectivity index (χ4v) is 2.28. The molecule has 0 saturated heterocycles. The number of anilines is 1. The van der Waals surface area contributed by atoms with E-state index >= 15 is 0 Å². The van der Waals surface area contributed by atoms with Crippen molar-refractivity contribution in [2.45, 2.75) is 20.5 Å². The molecule has 0 radical (unpaired) electrons. The molecular formula is C13H18Cl2F2N2O. The normalized spacial score (nSPS) is 12.8. The highest BCUT2D eigenvalue weighted by molar-refractivity contribution is 6.37. The third-order valence-electron chi connectivity index (χ3n) is 3.02. The van der Waals surface area contributed by atoms with Gasteiger partial charge < -0.3 is 15.8 Å². The molecule has 3 N–H and O–H groups in total. The molecule has 0 aliphatic carbocycles. The van der Waals surface area contributed by atoms with Gasteiger partial charge in [0.25, 0.3) is 0 Å². The number of rotatable bonds is 7. The van der Waals surface area contributed by atoms with Crippen molar-refractivity contribution in [3.05, 3.63) is 22.2 Å². The lowest BCUT2D eigenvalue weighted by Gasteiger charge is -2.20. The summed E-state index contributed by atoms with van der Waals surface area (Å²) >= 11 is 11.8. The maximum atomic E-state index is 12.2. The van der Waals surface area contributed by atoms with E-state index in [9.17, 15) is 8.78 Å². The molecule has 0 spiro atoms. The molecule has 0 heterocycles. The van der Waals surface area contributed by atoms with Gasteiger partial charge in [-0.3, -0.25) is 0 Å². The minimum atomic E-state index is -2.97. The van der Waals surface area contributed by atoms with Crippen LogP contribution >= 0.6 is 23.2 Å². The Morgan fingerprint density at radius 1 is 1.25 bits per heavy atom. The van der Waals surface area contributed by atoms with Crippen LogP contribution in [-0.2, 0) is 0 Å². The minimum absolute atomic E-state index is 0.0362. The van der Waals surface area contributed by atoms with Crippen molar-refractivity contribution in [2.75, 3.05) is 18.4 Å². The molecule has 3 nitrogen and oxygen atoms in total. The molecule has 0 fully saturated rings. The van der Waals surface area contributed by atoms with Gasteiger partial charge in [0.1, 0.15) is 0 Å². The Morgan fingerprint density at radius 2 is 1.80 bits per heavy atom. The van der Waals surface area contributed by atoms with Crippen LogP contribution in [0.25, 0.3) is 0 Å². The van der Waals surface area contributed by atoms with Gasteiger partial charge >= 0.3 is 6.61 Å². The maximum Gasteiger partial charge on any atom is 0.387 e. The highest BCUT2D eigenvalue weighted by Gasteiger charge is 2.15. The number of halogens is 4. The van der Waals surface area contributed by atoms with Gasteiger partial charge in [-0.05, 0) is 30.5 Å². The lowest BCUT2D eigenvalue weighted by molar-refractivity contribution is -0.0497. The fraction of sp³-hybridized carbons (Fsp3) is 0.538. The molecule has 0 bridgehead atoms. The smallest absolute Gasteiger partial charge is 0.387 e. The molecule has 0 amide bonds. The SMILES string of the molecule is CC(C)C(CN)CNc1cc(Cl)c(OC(F)F)c(Cl)c1. The number of hydrogen-bond acceptors (Lipinski definition) is 3. The fourth-order valence-electron chi connectivity index (χ4n) is 1.70.